The van der Waals surface area contributed by atoms with E-state index >= 15 is 0 Å². The van der Waals surface area contributed by atoms with E-state index in [1.54, 1.807) is 0 Å². The van der Waals surface area contributed by atoms with Gasteiger partial charge in [-0.15, -0.1) is 0 Å². The lowest BCUT2D eigenvalue weighted by Gasteiger charge is -2.23. The normalized spacial score (nSPS) is 10.6. The van der Waals surface area contributed by atoms with E-state index in [9.17, 15) is 19.2 Å². The second-order valence-electron chi connectivity index (χ2n) is 7.56. The molecule has 10 nitrogen and oxygen atoms in total. The molecular formula is C20H29N3O7. The molecule has 10 heteroatoms. The van der Waals surface area contributed by atoms with Crippen LogP contribution in [0.5, 0.6) is 11.5 Å². The van der Waals surface area contributed by atoms with Crippen molar-refractivity contribution in [3.05, 3.63) is 17.7 Å². The summed E-state index contributed by atoms with van der Waals surface area (Å²) in [6.45, 7) is 6.00. The van der Waals surface area contributed by atoms with Gasteiger partial charge < -0.3 is 29.7 Å². The number of nitrogens with one attached hydrogen (secondary N) is 2. The Morgan fingerprint density at radius 2 is 1.60 bits per heavy atom. The summed E-state index contributed by atoms with van der Waals surface area (Å²) in [5.41, 5.74) is -0.291. The van der Waals surface area contributed by atoms with Gasteiger partial charge in [0.25, 0.3) is 5.91 Å². The van der Waals surface area contributed by atoms with E-state index in [2.05, 4.69) is 10.6 Å². The van der Waals surface area contributed by atoms with Crippen LogP contribution >= 0.6 is 0 Å². The Kier molecular flexibility index (Phi) is 8.63. The molecule has 0 fully saturated rings. The number of likely N-dealkylation sites (N-methyl/N-ethyl adjacent to an activating group) is 1. The zero-order chi connectivity index (χ0) is 23.1. The molecule has 0 aliphatic rings. The molecule has 0 spiro atoms. The number of amides is 3. The topological polar surface area (TPSA) is 123 Å². The molecule has 0 aliphatic heterocycles. The summed E-state index contributed by atoms with van der Waals surface area (Å²) in [5, 5.41) is 5.25. The summed E-state index contributed by atoms with van der Waals surface area (Å²) in [7, 11) is 4.24. The van der Waals surface area contributed by atoms with Gasteiger partial charge in [-0.1, -0.05) is 0 Å². The number of methoxy groups -OCH3 is 2. The van der Waals surface area contributed by atoms with Crippen LogP contribution in [0.25, 0.3) is 0 Å². The molecule has 0 aliphatic carbocycles. The fourth-order valence-corrected chi connectivity index (χ4v) is 2.42. The number of ether oxygens (including phenoxy) is 3. The SMILES string of the molecule is COc1cc(NC(C)=O)c(C(=O)OCC(=O)N(C)CC(=O)NC(C)(C)C)cc1OC. The average molecular weight is 423 g/mol. The fourth-order valence-electron chi connectivity index (χ4n) is 2.42. The zero-order valence-corrected chi connectivity index (χ0v) is 18.4. The lowest BCUT2D eigenvalue weighted by atomic mass is 10.1. The second-order valence-corrected chi connectivity index (χ2v) is 7.56. The molecule has 0 heterocycles. The van der Waals surface area contributed by atoms with Gasteiger partial charge in [0, 0.05) is 31.6 Å². The van der Waals surface area contributed by atoms with Gasteiger partial charge in [-0.25, -0.2) is 4.79 Å². The van der Waals surface area contributed by atoms with E-state index in [1.807, 2.05) is 20.8 Å². The first-order valence-electron chi connectivity index (χ1n) is 9.13. The minimum Gasteiger partial charge on any atom is -0.493 e. The molecule has 3 amide bonds. The third kappa shape index (κ3) is 7.61. The first-order chi connectivity index (χ1) is 13.9. The molecule has 0 saturated carbocycles. The first-order valence-corrected chi connectivity index (χ1v) is 9.13. The molecular weight excluding hydrogens is 394 g/mol. The lowest BCUT2D eigenvalue weighted by molar-refractivity contribution is -0.137. The van der Waals surface area contributed by atoms with Crippen molar-refractivity contribution in [2.45, 2.75) is 33.2 Å². The van der Waals surface area contributed by atoms with E-state index < -0.39 is 29.9 Å². The van der Waals surface area contributed by atoms with Crippen molar-refractivity contribution in [1.82, 2.24) is 10.2 Å². The molecule has 1 aromatic carbocycles. The van der Waals surface area contributed by atoms with Crippen molar-refractivity contribution >= 4 is 29.4 Å². The lowest BCUT2D eigenvalue weighted by Crippen LogP contribution is -2.46. The zero-order valence-electron chi connectivity index (χ0n) is 18.4. The van der Waals surface area contributed by atoms with Crippen LogP contribution in [0.3, 0.4) is 0 Å². The van der Waals surface area contributed by atoms with Crippen LogP contribution in [0.2, 0.25) is 0 Å². The Morgan fingerprint density at radius 3 is 2.10 bits per heavy atom. The highest BCUT2D eigenvalue weighted by atomic mass is 16.5. The minimum absolute atomic E-state index is 0.0104. The van der Waals surface area contributed by atoms with E-state index in [0.29, 0.717) is 5.75 Å². The van der Waals surface area contributed by atoms with Gasteiger partial charge in [0.2, 0.25) is 11.8 Å². The predicted molar refractivity (Wildman–Crippen MR) is 110 cm³/mol. The quantitative estimate of drug-likeness (QED) is 0.602. The Bertz CT molecular complexity index is 815. The fraction of sp³-hybridized carbons (Fsp3) is 0.500. The van der Waals surface area contributed by atoms with Gasteiger partial charge in [-0.05, 0) is 20.8 Å². The third-order valence-corrected chi connectivity index (χ3v) is 3.70. The number of nitrogens with zero attached hydrogens (tertiary/aromatic N) is 1. The van der Waals surface area contributed by atoms with Crippen LogP contribution in [0.1, 0.15) is 38.1 Å². The molecule has 0 aromatic heterocycles. The molecule has 0 unspecified atom stereocenters. The van der Waals surface area contributed by atoms with Gasteiger partial charge in [0.1, 0.15) is 0 Å². The Labute approximate surface area is 175 Å². The van der Waals surface area contributed by atoms with Crippen molar-refractivity contribution in [2.24, 2.45) is 0 Å². The maximum Gasteiger partial charge on any atom is 0.340 e. The summed E-state index contributed by atoms with van der Waals surface area (Å²) in [6, 6.07) is 2.76. The molecule has 166 valence electrons. The van der Waals surface area contributed by atoms with Gasteiger partial charge in [-0.3, -0.25) is 14.4 Å². The van der Waals surface area contributed by atoms with Gasteiger partial charge in [-0.2, -0.15) is 0 Å². The molecule has 30 heavy (non-hydrogen) atoms. The van der Waals surface area contributed by atoms with Crippen LogP contribution in [0.4, 0.5) is 5.69 Å². The standard InChI is InChI=1S/C20H29N3O7/c1-12(24)21-14-9-16(29-7)15(28-6)8-13(14)19(27)30-11-18(26)23(5)10-17(25)22-20(2,3)4/h8-9H,10-11H2,1-7H3,(H,21,24)(H,22,25). The third-order valence-electron chi connectivity index (χ3n) is 3.70. The maximum absolute atomic E-state index is 12.5. The van der Waals surface area contributed by atoms with Crippen LogP contribution in [-0.4, -0.2) is 68.5 Å². The first kappa shape index (κ1) is 24.7. The van der Waals surface area contributed by atoms with E-state index in [-0.39, 0.29) is 29.5 Å². The van der Waals surface area contributed by atoms with Gasteiger partial charge in [0.05, 0.1) is 32.0 Å². The summed E-state index contributed by atoms with van der Waals surface area (Å²) in [6.07, 6.45) is 0. The van der Waals surface area contributed by atoms with E-state index in [0.717, 1.165) is 4.90 Å². The Morgan fingerprint density at radius 1 is 1.03 bits per heavy atom. The van der Waals surface area contributed by atoms with Crippen LogP contribution < -0.4 is 20.1 Å². The van der Waals surface area contributed by atoms with Crippen LogP contribution in [0.15, 0.2) is 12.1 Å². The van der Waals surface area contributed by atoms with Crippen molar-refractivity contribution in [3.8, 4) is 11.5 Å². The number of hydrogen-bond acceptors (Lipinski definition) is 7. The van der Waals surface area contributed by atoms with Gasteiger partial charge >= 0.3 is 5.97 Å². The number of anilines is 1. The summed E-state index contributed by atoms with van der Waals surface area (Å²) in [5.74, 6) is -1.59. The largest absolute Gasteiger partial charge is 0.493 e. The predicted octanol–water partition coefficient (Wildman–Crippen LogP) is 1.19. The molecule has 1 rings (SSSR count). The second kappa shape index (κ2) is 10.5. The molecule has 1 aromatic rings. The highest BCUT2D eigenvalue weighted by molar-refractivity contribution is 6.02. The number of hydrogen-bond donors (Lipinski definition) is 2. The monoisotopic (exact) mass is 423 g/mol. The number of benzene rings is 1. The van der Waals surface area contributed by atoms with Crippen molar-refractivity contribution in [1.29, 1.82) is 0 Å². The Balaban J connectivity index is 2.87. The smallest absolute Gasteiger partial charge is 0.340 e. The molecule has 2 N–H and O–H groups in total. The highest BCUT2D eigenvalue weighted by Crippen LogP contribution is 2.33. The molecule has 0 bridgehead atoms. The molecule has 0 atom stereocenters. The minimum atomic E-state index is -0.847. The number of rotatable bonds is 8. The number of carbonyl (C=O) groups is 4. The highest BCUT2D eigenvalue weighted by Gasteiger charge is 2.22. The van der Waals surface area contributed by atoms with E-state index in [1.165, 1.54) is 40.3 Å². The maximum atomic E-state index is 12.5. The molecule has 0 saturated heterocycles. The number of carbonyl (C=O) groups excluding carboxylic acids is 4. The van der Waals surface area contributed by atoms with Crippen molar-refractivity contribution < 1.29 is 33.4 Å². The summed E-state index contributed by atoms with van der Waals surface area (Å²) < 4.78 is 15.4. The number of esters is 1. The summed E-state index contributed by atoms with van der Waals surface area (Å²) >= 11 is 0. The summed E-state index contributed by atoms with van der Waals surface area (Å²) in [4.78, 5) is 49.3. The van der Waals surface area contributed by atoms with Crippen LogP contribution in [0, 0.1) is 0 Å². The van der Waals surface area contributed by atoms with Crippen LogP contribution in [-0.2, 0) is 19.1 Å². The van der Waals surface area contributed by atoms with Crippen molar-refractivity contribution in [3.63, 3.8) is 0 Å². The van der Waals surface area contributed by atoms with E-state index in [4.69, 9.17) is 14.2 Å². The van der Waals surface area contributed by atoms with Crippen molar-refractivity contribution in [2.75, 3.05) is 39.7 Å². The average Bonchev–Trinajstić information content (AvgIpc) is 2.63. The van der Waals surface area contributed by atoms with Gasteiger partial charge in [0.15, 0.2) is 18.1 Å². The molecule has 0 radical (unpaired) electrons. The Hall–Kier alpha value is -3.30.